The average Bonchev–Trinajstić information content (AvgIpc) is 2.87. The molecule has 0 spiro atoms. The van der Waals surface area contributed by atoms with Crippen LogP contribution in [0.4, 0.5) is 0 Å². The van der Waals surface area contributed by atoms with E-state index in [1.165, 1.54) is 5.56 Å². The topological polar surface area (TPSA) is 67.0 Å². The Kier molecular flexibility index (Phi) is 5.80. The number of aromatic amines is 1. The first-order valence-electron chi connectivity index (χ1n) is 6.79. The maximum absolute atomic E-state index is 11.7. The van der Waals surface area contributed by atoms with Crippen LogP contribution in [0.25, 0.3) is 0 Å². The molecule has 1 amide bonds. The molecule has 5 nitrogen and oxygen atoms in total. The summed E-state index contributed by atoms with van der Waals surface area (Å²) in [7, 11) is 0. The summed E-state index contributed by atoms with van der Waals surface area (Å²) in [5.74, 6) is 0.562. The van der Waals surface area contributed by atoms with Gasteiger partial charge in [0.2, 0.25) is 0 Å². The summed E-state index contributed by atoms with van der Waals surface area (Å²) in [5.41, 5.74) is 2.27. The van der Waals surface area contributed by atoms with Crippen LogP contribution >= 0.6 is 15.9 Å². The van der Waals surface area contributed by atoms with E-state index in [0.29, 0.717) is 12.3 Å². The number of nitrogens with one attached hydrogen (secondary N) is 2. The van der Waals surface area contributed by atoms with Gasteiger partial charge in [-0.1, -0.05) is 22.0 Å². The SMILES string of the molecule is Cc1[nH]ncc1CCCNC(=O)COc1cccc(Br)c1. The summed E-state index contributed by atoms with van der Waals surface area (Å²) in [5, 5.41) is 9.71. The van der Waals surface area contributed by atoms with E-state index < -0.39 is 0 Å². The number of benzene rings is 1. The second kappa shape index (κ2) is 7.83. The summed E-state index contributed by atoms with van der Waals surface area (Å²) >= 11 is 3.36. The van der Waals surface area contributed by atoms with Gasteiger partial charge in [0, 0.05) is 16.7 Å². The molecule has 0 atom stereocenters. The van der Waals surface area contributed by atoms with Gasteiger partial charge < -0.3 is 10.1 Å². The van der Waals surface area contributed by atoms with Gasteiger partial charge in [-0.2, -0.15) is 5.10 Å². The zero-order valence-corrected chi connectivity index (χ0v) is 13.4. The van der Waals surface area contributed by atoms with Gasteiger partial charge in [0.05, 0.1) is 6.20 Å². The molecular formula is C15H18BrN3O2. The van der Waals surface area contributed by atoms with Crippen molar-refractivity contribution in [3.8, 4) is 5.75 Å². The minimum Gasteiger partial charge on any atom is -0.484 e. The Morgan fingerprint density at radius 2 is 2.33 bits per heavy atom. The molecule has 6 heteroatoms. The van der Waals surface area contributed by atoms with Crippen LogP contribution in [0.5, 0.6) is 5.75 Å². The van der Waals surface area contributed by atoms with Crippen molar-refractivity contribution >= 4 is 21.8 Å². The molecule has 0 bridgehead atoms. The molecule has 0 fully saturated rings. The third-order valence-corrected chi connectivity index (χ3v) is 3.54. The van der Waals surface area contributed by atoms with Crippen molar-refractivity contribution in [2.45, 2.75) is 19.8 Å². The van der Waals surface area contributed by atoms with Gasteiger partial charge in [0.15, 0.2) is 6.61 Å². The predicted molar refractivity (Wildman–Crippen MR) is 84.3 cm³/mol. The fourth-order valence-corrected chi connectivity index (χ4v) is 2.27. The molecule has 2 N–H and O–H groups in total. The van der Waals surface area contributed by atoms with Crippen LogP contribution in [-0.4, -0.2) is 29.3 Å². The smallest absolute Gasteiger partial charge is 0.257 e. The maximum Gasteiger partial charge on any atom is 0.257 e. The summed E-state index contributed by atoms with van der Waals surface area (Å²) in [4.78, 5) is 11.7. The van der Waals surface area contributed by atoms with E-state index in [2.05, 4.69) is 31.4 Å². The van der Waals surface area contributed by atoms with Crippen LogP contribution in [0.2, 0.25) is 0 Å². The highest BCUT2D eigenvalue weighted by molar-refractivity contribution is 9.10. The lowest BCUT2D eigenvalue weighted by molar-refractivity contribution is -0.123. The number of hydrogen-bond acceptors (Lipinski definition) is 3. The third-order valence-electron chi connectivity index (χ3n) is 3.05. The number of carbonyl (C=O) groups is 1. The van der Waals surface area contributed by atoms with Crippen LogP contribution in [0.15, 0.2) is 34.9 Å². The molecule has 0 aliphatic rings. The van der Waals surface area contributed by atoms with Crippen LogP contribution in [0, 0.1) is 6.92 Å². The largest absolute Gasteiger partial charge is 0.484 e. The number of amides is 1. The normalized spacial score (nSPS) is 10.4. The van der Waals surface area contributed by atoms with Gasteiger partial charge in [0.1, 0.15) is 5.75 Å². The summed E-state index contributed by atoms with van der Waals surface area (Å²) in [6.07, 6.45) is 3.60. The van der Waals surface area contributed by atoms with E-state index in [1.807, 2.05) is 37.4 Å². The Morgan fingerprint density at radius 1 is 1.48 bits per heavy atom. The molecule has 0 radical (unpaired) electrons. The van der Waals surface area contributed by atoms with Gasteiger partial charge in [-0.25, -0.2) is 0 Å². The Bertz CT molecular complexity index is 598. The monoisotopic (exact) mass is 351 g/mol. The van der Waals surface area contributed by atoms with Crippen molar-refractivity contribution in [3.05, 3.63) is 46.2 Å². The summed E-state index contributed by atoms with van der Waals surface area (Å²) in [6, 6.07) is 7.42. The van der Waals surface area contributed by atoms with Crippen molar-refractivity contribution in [2.24, 2.45) is 0 Å². The fraction of sp³-hybridized carbons (Fsp3) is 0.333. The highest BCUT2D eigenvalue weighted by atomic mass is 79.9. The van der Waals surface area contributed by atoms with Crippen molar-refractivity contribution in [1.29, 1.82) is 0 Å². The number of ether oxygens (including phenoxy) is 1. The fourth-order valence-electron chi connectivity index (χ4n) is 1.89. The van der Waals surface area contributed by atoms with Gasteiger partial charge in [-0.3, -0.25) is 9.89 Å². The maximum atomic E-state index is 11.7. The number of H-pyrrole nitrogens is 1. The zero-order chi connectivity index (χ0) is 15.1. The standard InChI is InChI=1S/C15H18BrN3O2/c1-11-12(9-18-19-11)4-3-7-17-15(20)10-21-14-6-2-5-13(16)8-14/h2,5-6,8-9H,3-4,7,10H2,1H3,(H,17,20)(H,18,19). The van der Waals surface area contributed by atoms with E-state index in [4.69, 9.17) is 4.74 Å². The van der Waals surface area contributed by atoms with Gasteiger partial charge in [-0.15, -0.1) is 0 Å². The molecule has 21 heavy (non-hydrogen) atoms. The van der Waals surface area contributed by atoms with Crippen LogP contribution < -0.4 is 10.1 Å². The second-order valence-electron chi connectivity index (χ2n) is 4.72. The Labute approximate surface area is 132 Å². The van der Waals surface area contributed by atoms with Crippen LogP contribution in [0.1, 0.15) is 17.7 Å². The number of rotatable bonds is 7. The second-order valence-corrected chi connectivity index (χ2v) is 5.64. The average molecular weight is 352 g/mol. The number of halogens is 1. The molecule has 1 heterocycles. The number of hydrogen-bond donors (Lipinski definition) is 2. The number of carbonyl (C=O) groups excluding carboxylic acids is 1. The van der Waals surface area contributed by atoms with Crippen molar-refractivity contribution in [2.75, 3.05) is 13.2 Å². The first-order chi connectivity index (χ1) is 10.1. The Hall–Kier alpha value is -1.82. The lowest BCUT2D eigenvalue weighted by Gasteiger charge is -2.07. The highest BCUT2D eigenvalue weighted by Gasteiger charge is 2.04. The Morgan fingerprint density at radius 3 is 3.05 bits per heavy atom. The first-order valence-corrected chi connectivity index (χ1v) is 7.58. The van der Waals surface area contributed by atoms with E-state index in [-0.39, 0.29) is 12.5 Å². The highest BCUT2D eigenvalue weighted by Crippen LogP contribution is 2.17. The van der Waals surface area contributed by atoms with E-state index in [0.717, 1.165) is 23.0 Å². The van der Waals surface area contributed by atoms with Crippen molar-refractivity contribution < 1.29 is 9.53 Å². The van der Waals surface area contributed by atoms with Gasteiger partial charge >= 0.3 is 0 Å². The number of aryl methyl sites for hydroxylation is 2. The van der Waals surface area contributed by atoms with Crippen molar-refractivity contribution in [1.82, 2.24) is 15.5 Å². The molecule has 1 aromatic heterocycles. The predicted octanol–water partition coefficient (Wildman–Crippen LogP) is 2.61. The summed E-state index contributed by atoms with van der Waals surface area (Å²) < 4.78 is 6.34. The Balaban J connectivity index is 1.63. The van der Waals surface area contributed by atoms with E-state index >= 15 is 0 Å². The van der Waals surface area contributed by atoms with Gasteiger partial charge in [0.25, 0.3) is 5.91 Å². The molecule has 0 unspecified atom stereocenters. The lowest BCUT2D eigenvalue weighted by Crippen LogP contribution is -2.29. The first kappa shape index (κ1) is 15.6. The molecule has 2 rings (SSSR count). The molecule has 0 aliphatic carbocycles. The molecule has 112 valence electrons. The third kappa shape index (κ3) is 5.23. The van der Waals surface area contributed by atoms with Crippen LogP contribution in [-0.2, 0) is 11.2 Å². The molecule has 2 aromatic rings. The number of nitrogens with zero attached hydrogens (tertiary/aromatic N) is 1. The lowest BCUT2D eigenvalue weighted by atomic mass is 10.1. The van der Waals surface area contributed by atoms with E-state index in [1.54, 1.807) is 0 Å². The van der Waals surface area contributed by atoms with Gasteiger partial charge in [-0.05, 0) is 43.5 Å². The molecule has 1 aromatic carbocycles. The quantitative estimate of drug-likeness (QED) is 0.753. The molecule has 0 saturated carbocycles. The zero-order valence-electron chi connectivity index (χ0n) is 11.9. The molecular weight excluding hydrogens is 334 g/mol. The minimum atomic E-state index is -0.112. The molecule has 0 saturated heterocycles. The van der Waals surface area contributed by atoms with E-state index in [9.17, 15) is 4.79 Å². The number of aromatic nitrogens is 2. The minimum absolute atomic E-state index is 0.0290. The van der Waals surface area contributed by atoms with Crippen LogP contribution in [0.3, 0.4) is 0 Å². The van der Waals surface area contributed by atoms with Crippen molar-refractivity contribution in [3.63, 3.8) is 0 Å². The summed E-state index contributed by atoms with van der Waals surface area (Å²) in [6.45, 7) is 2.65. The molecule has 0 aliphatic heterocycles.